The first kappa shape index (κ1) is 18.8. The molecule has 0 aliphatic carbocycles. The molecule has 0 fully saturated rings. The first-order valence-corrected chi connectivity index (χ1v) is 7.11. The van der Waals surface area contributed by atoms with E-state index in [2.05, 4.69) is 10.6 Å². The Morgan fingerprint density at radius 3 is 2.30 bits per heavy atom. The third kappa shape index (κ3) is 7.04. The third-order valence-corrected chi connectivity index (χ3v) is 2.93. The Balaban J connectivity index is 0.00000264. The van der Waals surface area contributed by atoms with E-state index >= 15 is 0 Å². The minimum Gasteiger partial charge on any atom is -1.00 e. The zero-order valence-corrected chi connectivity index (χ0v) is 13.6. The Labute approximate surface area is 142 Å². The van der Waals surface area contributed by atoms with Gasteiger partial charge in [-0.05, 0) is 36.4 Å². The normalized spacial score (nSPS) is 11.0. The van der Waals surface area contributed by atoms with Gasteiger partial charge < -0.3 is 32.9 Å². The summed E-state index contributed by atoms with van der Waals surface area (Å²) in [6.07, 6.45) is -0.616. The Kier molecular flexibility index (Phi) is 7.94. The van der Waals surface area contributed by atoms with Crippen molar-refractivity contribution >= 4 is 17.3 Å². The largest absolute Gasteiger partial charge is 1.00 e. The highest BCUT2D eigenvalue weighted by molar-refractivity contribution is 5.88. The lowest BCUT2D eigenvalue weighted by atomic mass is 10.2. The number of amides is 1. The van der Waals surface area contributed by atoms with Crippen LogP contribution in [0.1, 0.15) is 6.92 Å². The maximum Gasteiger partial charge on any atom is 0.221 e. The average Bonchev–Trinajstić information content (AvgIpc) is 2.53. The molecule has 2 aromatic rings. The van der Waals surface area contributed by atoms with Crippen molar-refractivity contribution in [3.63, 3.8) is 0 Å². The molecule has 23 heavy (non-hydrogen) atoms. The number of benzene rings is 2. The van der Waals surface area contributed by atoms with E-state index in [1.54, 1.807) is 12.1 Å². The number of carbonyl (C=O) groups is 1. The maximum absolute atomic E-state index is 10.9. The number of para-hydroxylation sites is 1. The zero-order valence-electron chi connectivity index (χ0n) is 12.8. The molecule has 1 atom stereocenters. The molecule has 0 bridgehead atoms. The molecule has 0 aliphatic rings. The summed E-state index contributed by atoms with van der Waals surface area (Å²) in [6, 6.07) is 16.7. The number of nitrogens with one attached hydrogen (secondary N) is 2. The van der Waals surface area contributed by atoms with Crippen LogP contribution < -0.4 is 27.8 Å². The molecule has 5 nitrogen and oxygen atoms in total. The Morgan fingerprint density at radius 2 is 1.70 bits per heavy atom. The number of hydrogen-bond acceptors (Lipinski definition) is 4. The van der Waals surface area contributed by atoms with Crippen LogP contribution in [0.5, 0.6) is 5.75 Å². The summed E-state index contributed by atoms with van der Waals surface area (Å²) < 4.78 is 5.48. The number of ether oxygens (including phenoxy) is 1. The van der Waals surface area contributed by atoms with Crippen LogP contribution in [-0.4, -0.2) is 30.3 Å². The molecule has 0 saturated carbocycles. The van der Waals surface area contributed by atoms with Gasteiger partial charge in [0, 0.05) is 24.8 Å². The summed E-state index contributed by atoms with van der Waals surface area (Å²) in [5.41, 5.74) is 1.61. The van der Waals surface area contributed by atoms with Crippen LogP contribution in [0.2, 0.25) is 0 Å². The van der Waals surface area contributed by atoms with Crippen LogP contribution in [0.25, 0.3) is 0 Å². The van der Waals surface area contributed by atoms with Gasteiger partial charge in [-0.25, -0.2) is 0 Å². The number of halogens is 1. The number of aliphatic hydroxyl groups excluding tert-OH is 1. The molecule has 2 rings (SSSR count). The molecule has 1 unspecified atom stereocenters. The van der Waals surface area contributed by atoms with Crippen molar-refractivity contribution in [1.29, 1.82) is 0 Å². The second kappa shape index (κ2) is 9.71. The van der Waals surface area contributed by atoms with E-state index in [0.29, 0.717) is 6.54 Å². The molecule has 1 amide bonds. The number of carbonyl (C=O) groups excluding carboxylic acids is 1. The summed E-state index contributed by atoms with van der Waals surface area (Å²) in [5.74, 6) is 0.635. The molecule has 0 spiro atoms. The quantitative estimate of drug-likeness (QED) is 0.638. The number of aliphatic hydroxyl groups is 1. The molecule has 0 radical (unpaired) electrons. The molecular formula is C17H20ClN2O3-. The van der Waals surface area contributed by atoms with Crippen LogP contribution in [0, 0.1) is 0 Å². The highest BCUT2D eigenvalue weighted by Gasteiger charge is 2.05. The molecule has 0 aliphatic heterocycles. The minimum atomic E-state index is -0.616. The van der Waals surface area contributed by atoms with Gasteiger partial charge in [0.25, 0.3) is 0 Å². The van der Waals surface area contributed by atoms with Crippen molar-refractivity contribution in [2.75, 3.05) is 23.8 Å². The van der Waals surface area contributed by atoms with Gasteiger partial charge >= 0.3 is 0 Å². The van der Waals surface area contributed by atoms with Crippen molar-refractivity contribution in [1.82, 2.24) is 0 Å². The van der Waals surface area contributed by atoms with Crippen molar-refractivity contribution < 1.29 is 27.0 Å². The van der Waals surface area contributed by atoms with E-state index in [9.17, 15) is 9.90 Å². The Morgan fingerprint density at radius 1 is 1.09 bits per heavy atom. The summed E-state index contributed by atoms with van der Waals surface area (Å²) in [4.78, 5) is 10.9. The molecule has 2 aromatic carbocycles. The van der Waals surface area contributed by atoms with Crippen molar-refractivity contribution in [3.05, 3.63) is 54.6 Å². The monoisotopic (exact) mass is 335 g/mol. The summed E-state index contributed by atoms with van der Waals surface area (Å²) in [6.45, 7) is 2.07. The fourth-order valence-corrected chi connectivity index (χ4v) is 1.88. The molecule has 0 aromatic heterocycles. The summed E-state index contributed by atoms with van der Waals surface area (Å²) in [5, 5.41) is 15.7. The summed E-state index contributed by atoms with van der Waals surface area (Å²) in [7, 11) is 0. The van der Waals surface area contributed by atoms with E-state index in [-0.39, 0.29) is 24.9 Å². The van der Waals surface area contributed by atoms with Gasteiger partial charge in [-0.3, -0.25) is 4.79 Å². The van der Waals surface area contributed by atoms with E-state index in [4.69, 9.17) is 4.74 Å². The molecule has 0 saturated heterocycles. The number of hydrogen-bond donors (Lipinski definition) is 3. The fraction of sp³-hybridized carbons (Fsp3) is 0.235. The van der Waals surface area contributed by atoms with Gasteiger partial charge in [-0.15, -0.1) is 0 Å². The minimum absolute atomic E-state index is 0. The highest BCUT2D eigenvalue weighted by Crippen LogP contribution is 2.13. The van der Waals surface area contributed by atoms with Crippen molar-refractivity contribution in [2.45, 2.75) is 13.0 Å². The first-order chi connectivity index (χ1) is 10.6. The van der Waals surface area contributed by atoms with Crippen LogP contribution in [0.3, 0.4) is 0 Å². The predicted molar refractivity (Wildman–Crippen MR) is 87.2 cm³/mol. The Hall–Kier alpha value is -2.24. The van der Waals surface area contributed by atoms with Crippen LogP contribution in [0.15, 0.2) is 54.6 Å². The lowest BCUT2D eigenvalue weighted by Gasteiger charge is -2.14. The van der Waals surface area contributed by atoms with E-state index in [1.807, 2.05) is 42.5 Å². The second-order valence-corrected chi connectivity index (χ2v) is 4.92. The fourth-order valence-electron chi connectivity index (χ4n) is 1.88. The molecule has 0 heterocycles. The lowest BCUT2D eigenvalue weighted by molar-refractivity contribution is -0.114. The van der Waals surface area contributed by atoms with E-state index < -0.39 is 6.10 Å². The van der Waals surface area contributed by atoms with Gasteiger partial charge in [0.1, 0.15) is 18.5 Å². The highest BCUT2D eigenvalue weighted by atomic mass is 35.5. The summed E-state index contributed by atoms with van der Waals surface area (Å²) >= 11 is 0. The van der Waals surface area contributed by atoms with E-state index in [1.165, 1.54) is 6.92 Å². The predicted octanol–water partition coefficient (Wildman–Crippen LogP) is -0.499. The number of anilines is 2. The molecule has 6 heteroatoms. The third-order valence-electron chi connectivity index (χ3n) is 2.93. The Bertz CT molecular complexity index is 591. The zero-order chi connectivity index (χ0) is 15.8. The standard InChI is InChI=1S/C17H20N2O3.ClH/c1-13(20)19-15-9-7-14(8-10-15)18-11-16(21)12-22-17-5-3-2-4-6-17;/h2-10,16,18,21H,11-12H2,1H3,(H,19,20);1H/p-1. The SMILES string of the molecule is CC(=O)Nc1ccc(NCC(O)COc2ccccc2)cc1.[Cl-]. The molecule has 3 N–H and O–H groups in total. The van der Waals surface area contributed by atoms with Crippen molar-refractivity contribution in [3.8, 4) is 5.75 Å². The first-order valence-electron chi connectivity index (χ1n) is 7.11. The topological polar surface area (TPSA) is 70.6 Å². The van der Waals surface area contributed by atoms with Gasteiger partial charge in [-0.1, -0.05) is 18.2 Å². The lowest BCUT2D eigenvalue weighted by Crippen LogP contribution is -3.00. The van der Waals surface area contributed by atoms with Crippen LogP contribution in [0.4, 0.5) is 11.4 Å². The van der Waals surface area contributed by atoms with Crippen LogP contribution >= 0.6 is 0 Å². The average molecular weight is 336 g/mol. The van der Waals surface area contributed by atoms with Gasteiger partial charge in [0.2, 0.25) is 5.91 Å². The van der Waals surface area contributed by atoms with E-state index in [0.717, 1.165) is 17.1 Å². The maximum atomic E-state index is 10.9. The van der Waals surface area contributed by atoms with Gasteiger partial charge in [-0.2, -0.15) is 0 Å². The molecule has 124 valence electrons. The van der Waals surface area contributed by atoms with Crippen LogP contribution in [-0.2, 0) is 4.79 Å². The van der Waals surface area contributed by atoms with Gasteiger partial charge in [0.15, 0.2) is 0 Å². The van der Waals surface area contributed by atoms with Gasteiger partial charge in [0.05, 0.1) is 0 Å². The molecular weight excluding hydrogens is 316 g/mol. The smallest absolute Gasteiger partial charge is 0.221 e. The second-order valence-electron chi connectivity index (χ2n) is 4.92. The number of rotatable bonds is 7. The van der Waals surface area contributed by atoms with Crippen molar-refractivity contribution in [2.24, 2.45) is 0 Å².